The lowest BCUT2D eigenvalue weighted by molar-refractivity contribution is -0.123. The normalized spacial score (nSPS) is 13.2. The van der Waals surface area contributed by atoms with Crippen molar-refractivity contribution in [3.8, 4) is 11.5 Å². The minimum Gasteiger partial charge on any atom is -0.497 e. The van der Waals surface area contributed by atoms with Crippen molar-refractivity contribution in [2.75, 3.05) is 24.3 Å². The molecular weight excluding hydrogens is 411 g/mol. The van der Waals surface area contributed by atoms with Gasteiger partial charge in [0.2, 0.25) is 15.9 Å². The SMILES string of the molecule is CCC(C(=O)NC(C)COc1ccc(OC)cc1)N(c1ccccc1F)S(C)(=O)=O. The molecule has 0 aromatic heterocycles. The zero-order valence-electron chi connectivity index (χ0n) is 17.5. The molecule has 2 rings (SSSR count). The Morgan fingerprint density at radius 2 is 1.73 bits per heavy atom. The lowest BCUT2D eigenvalue weighted by atomic mass is 10.1. The highest BCUT2D eigenvalue weighted by Gasteiger charge is 2.33. The number of methoxy groups -OCH3 is 1. The highest BCUT2D eigenvalue weighted by Crippen LogP contribution is 2.25. The van der Waals surface area contributed by atoms with Crippen LogP contribution in [0.3, 0.4) is 0 Å². The molecule has 0 saturated carbocycles. The van der Waals surface area contributed by atoms with E-state index in [0.717, 1.165) is 16.6 Å². The average molecular weight is 439 g/mol. The Bertz CT molecular complexity index is 950. The largest absolute Gasteiger partial charge is 0.497 e. The standard InChI is InChI=1S/C21H27FN2O5S/c1-5-19(24(30(4,26)27)20-9-7-6-8-18(20)22)21(25)23-15(2)14-29-17-12-10-16(28-3)11-13-17/h6-13,15,19H,5,14H2,1-4H3,(H,23,25). The van der Waals surface area contributed by atoms with Crippen molar-refractivity contribution in [2.24, 2.45) is 0 Å². The van der Waals surface area contributed by atoms with Crippen molar-refractivity contribution in [1.82, 2.24) is 5.32 Å². The monoisotopic (exact) mass is 438 g/mol. The van der Waals surface area contributed by atoms with Crippen LogP contribution in [0.2, 0.25) is 0 Å². The number of carbonyl (C=O) groups excluding carboxylic acids is 1. The van der Waals surface area contributed by atoms with Crippen molar-refractivity contribution in [2.45, 2.75) is 32.4 Å². The first-order chi connectivity index (χ1) is 14.2. The van der Waals surface area contributed by atoms with Crippen LogP contribution in [0.1, 0.15) is 20.3 Å². The fourth-order valence-corrected chi connectivity index (χ4v) is 4.15. The number of sulfonamides is 1. The van der Waals surface area contributed by atoms with Gasteiger partial charge in [-0.15, -0.1) is 0 Å². The Labute approximate surface area is 176 Å². The van der Waals surface area contributed by atoms with Gasteiger partial charge in [0.1, 0.15) is 30.0 Å². The van der Waals surface area contributed by atoms with E-state index in [1.165, 1.54) is 18.2 Å². The van der Waals surface area contributed by atoms with Gasteiger partial charge in [-0.3, -0.25) is 9.10 Å². The highest BCUT2D eigenvalue weighted by molar-refractivity contribution is 7.92. The van der Waals surface area contributed by atoms with E-state index in [4.69, 9.17) is 9.47 Å². The lowest BCUT2D eigenvalue weighted by Gasteiger charge is -2.31. The second-order valence-corrected chi connectivity index (χ2v) is 8.69. The molecule has 0 aliphatic heterocycles. The van der Waals surface area contributed by atoms with Gasteiger partial charge in [0.05, 0.1) is 25.1 Å². The summed E-state index contributed by atoms with van der Waals surface area (Å²) in [5.74, 6) is 0.0543. The zero-order chi connectivity index (χ0) is 22.3. The third kappa shape index (κ3) is 6.09. The molecule has 0 radical (unpaired) electrons. The summed E-state index contributed by atoms with van der Waals surface area (Å²) in [5.41, 5.74) is -0.163. The number of rotatable bonds is 10. The molecule has 2 aromatic carbocycles. The van der Waals surface area contributed by atoms with Gasteiger partial charge in [-0.2, -0.15) is 0 Å². The number of hydrogen-bond acceptors (Lipinski definition) is 5. The molecule has 0 fully saturated rings. The first-order valence-electron chi connectivity index (χ1n) is 9.48. The smallest absolute Gasteiger partial charge is 0.244 e. The van der Waals surface area contributed by atoms with Gasteiger partial charge < -0.3 is 14.8 Å². The van der Waals surface area contributed by atoms with E-state index in [1.54, 1.807) is 45.2 Å². The molecule has 0 aliphatic rings. The van der Waals surface area contributed by atoms with Gasteiger partial charge in [0.25, 0.3) is 0 Å². The van der Waals surface area contributed by atoms with E-state index in [1.807, 2.05) is 0 Å². The number of ether oxygens (including phenoxy) is 2. The molecule has 0 saturated heterocycles. The summed E-state index contributed by atoms with van der Waals surface area (Å²) in [6.45, 7) is 3.58. The number of para-hydroxylation sites is 1. The van der Waals surface area contributed by atoms with Gasteiger partial charge in [0, 0.05) is 0 Å². The maximum absolute atomic E-state index is 14.3. The van der Waals surface area contributed by atoms with E-state index in [9.17, 15) is 17.6 Å². The predicted octanol–water partition coefficient (Wildman–Crippen LogP) is 2.96. The zero-order valence-corrected chi connectivity index (χ0v) is 18.3. The average Bonchev–Trinajstić information content (AvgIpc) is 2.70. The number of amides is 1. The van der Waals surface area contributed by atoms with Crippen molar-refractivity contribution in [3.05, 3.63) is 54.3 Å². The molecule has 30 heavy (non-hydrogen) atoms. The summed E-state index contributed by atoms with van der Waals surface area (Å²) in [6, 6.07) is 11.0. The van der Waals surface area contributed by atoms with Gasteiger partial charge in [-0.05, 0) is 49.7 Å². The fraction of sp³-hybridized carbons (Fsp3) is 0.381. The molecular formula is C21H27FN2O5S. The highest BCUT2D eigenvalue weighted by atomic mass is 32.2. The maximum Gasteiger partial charge on any atom is 0.244 e. The van der Waals surface area contributed by atoms with Crippen molar-refractivity contribution < 1.29 is 27.1 Å². The van der Waals surface area contributed by atoms with Gasteiger partial charge in [0.15, 0.2) is 0 Å². The summed E-state index contributed by atoms with van der Waals surface area (Å²) < 4.78 is 50.6. The first-order valence-corrected chi connectivity index (χ1v) is 11.3. The quantitative estimate of drug-likeness (QED) is 0.617. The Hall–Kier alpha value is -2.81. The molecule has 2 aromatic rings. The molecule has 0 spiro atoms. The van der Waals surface area contributed by atoms with Crippen LogP contribution in [-0.4, -0.2) is 46.4 Å². The number of nitrogens with one attached hydrogen (secondary N) is 1. The van der Waals surface area contributed by atoms with E-state index in [2.05, 4.69) is 5.32 Å². The van der Waals surface area contributed by atoms with E-state index in [0.29, 0.717) is 11.5 Å². The molecule has 2 unspecified atom stereocenters. The molecule has 1 N–H and O–H groups in total. The number of carbonyl (C=O) groups is 1. The van der Waals surface area contributed by atoms with Crippen LogP contribution in [0.15, 0.2) is 48.5 Å². The number of halogens is 1. The Morgan fingerprint density at radius 3 is 2.27 bits per heavy atom. The number of benzene rings is 2. The molecule has 164 valence electrons. The van der Waals surface area contributed by atoms with E-state index < -0.39 is 33.8 Å². The lowest BCUT2D eigenvalue weighted by Crippen LogP contribution is -2.52. The third-order valence-electron chi connectivity index (χ3n) is 4.37. The Kier molecular flexibility index (Phi) is 8.05. The minimum absolute atomic E-state index is 0.163. The molecule has 0 bridgehead atoms. The summed E-state index contributed by atoms with van der Waals surface area (Å²) in [7, 11) is -2.34. The van der Waals surface area contributed by atoms with Gasteiger partial charge >= 0.3 is 0 Å². The third-order valence-corrected chi connectivity index (χ3v) is 5.53. The second-order valence-electron chi connectivity index (χ2n) is 6.83. The van der Waals surface area contributed by atoms with Crippen LogP contribution in [-0.2, 0) is 14.8 Å². The van der Waals surface area contributed by atoms with Crippen LogP contribution >= 0.6 is 0 Å². The molecule has 9 heteroatoms. The Morgan fingerprint density at radius 1 is 1.13 bits per heavy atom. The number of anilines is 1. The van der Waals surface area contributed by atoms with Crippen molar-refractivity contribution in [3.63, 3.8) is 0 Å². The Balaban J connectivity index is 2.10. The summed E-state index contributed by atoms with van der Waals surface area (Å²) in [4.78, 5) is 12.8. The molecule has 1 amide bonds. The van der Waals surface area contributed by atoms with Crippen LogP contribution in [0.4, 0.5) is 10.1 Å². The van der Waals surface area contributed by atoms with Crippen molar-refractivity contribution >= 4 is 21.6 Å². The van der Waals surface area contributed by atoms with Gasteiger partial charge in [-0.1, -0.05) is 19.1 Å². The summed E-state index contributed by atoms with van der Waals surface area (Å²) >= 11 is 0. The molecule has 2 atom stereocenters. The second kappa shape index (κ2) is 10.3. The maximum atomic E-state index is 14.3. The minimum atomic E-state index is -3.91. The fourth-order valence-electron chi connectivity index (χ4n) is 2.94. The molecule has 0 heterocycles. The van der Waals surface area contributed by atoms with E-state index in [-0.39, 0.29) is 18.7 Å². The first kappa shape index (κ1) is 23.5. The van der Waals surface area contributed by atoms with Crippen LogP contribution in [0.25, 0.3) is 0 Å². The van der Waals surface area contributed by atoms with Crippen LogP contribution in [0.5, 0.6) is 11.5 Å². The summed E-state index contributed by atoms with van der Waals surface area (Å²) in [6.07, 6.45) is 1.12. The van der Waals surface area contributed by atoms with Gasteiger partial charge in [-0.25, -0.2) is 12.8 Å². The topological polar surface area (TPSA) is 84.9 Å². The summed E-state index contributed by atoms with van der Waals surface area (Å²) in [5, 5.41) is 2.75. The van der Waals surface area contributed by atoms with Crippen LogP contribution < -0.4 is 19.1 Å². The molecule has 7 nitrogen and oxygen atoms in total. The number of hydrogen-bond donors (Lipinski definition) is 1. The van der Waals surface area contributed by atoms with E-state index >= 15 is 0 Å². The van der Waals surface area contributed by atoms with Crippen molar-refractivity contribution in [1.29, 1.82) is 0 Å². The predicted molar refractivity (Wildman–Crippen MR) is 114 cm³/mol. The molecule has 0 aliphatic carbocycles. The number of nitrogens with zero attached hydrogens (tertiary/aromatic N) is 1. The van der Waals surface area contributed by atoms with Crippen LogP contribution in [0, 0.1) is 5.82 Å².